The maximum Gasteiger partial charge on any atom is 0.163 e. The van der Waals surface area contributed by atoms with Crippen molar-refractivity contribution in [2.45, 2.75) is 40.0 Å². The van der Waals surface area contributed by atoms with Gasteiger partial charge in [-0.3, -0.25) is 4.79 Å². The van der Waals surface area contributed by atoms with Crippen LogP contribution in [0.1, 0.15) is 48.8 Å². The second kappa shape index (κ2) is 11.8. The van der Waals surface area contributed by atoms with Crippen LogP contribution in [0.3, 0.4) is 0 Å². The maximum absolute atomic E-state index is 12.5. The normalized spacial score (nSPS) is 10.2. The summed E-state index contributed by atoms with van der Waals surface area (Å²) in [6.07, 6.45) is 2.49. The Kier molecular flexibility index (Phi) is 8.57. The lowest BCUT2D eigenvalue weighted by atomic mass is 9.95. The SMILES string of the molecule is CCc1ccccc1C.Cc1cc(-c2ccccc2)ccc1C(=O)CCc1ccccc1.[HH].[HH]. The third-order valence-electron chi connectivity index (χ3n) is 5.76. The Labute approximate surface area is 195 Å². The van der Waals surface area contributed by atoms with Gasteiger partial charge in [-0.15, -0.1) is 0 Å². The van der Waals surface area contributed by atoms with Crippen molar-refractivity contribution in [2.24, 2.45) is 0 Å². The molecule has 0 N–H and O–H groups in total. The van der Waals surface area contributed by atoms with Crippen LogP contribution >= 0.6 is 0 Å². The molecule has 0 aliphatic heterocycles. The van der Waals surface area contributed by atoms with Gasteiger partial charge in [0.25, 0.3) is 0 Å². The fourth-order valence-electron chi connectivity index (χ4n) is 3.83. The van der Waals surface area contributed by atoms with Crippen molar-refractivity contribution < 1.29 is 7.65 Å². The van der Waals surface area contributed by atoms with Gasteiger partial charge in [-0.1, -0.05) is 110 Å². The van der Waals surface area contributed by atoms with E-state index >= 15 is 0 Å². The van der Waals surface area contributed by atoms with Crippen molar-refractivity contribution in [3.05, 3.63) is 131 Å². The first-order chi connectivity index (χ1) is 15.6. The second-order valence-electron chi connectivity index (χ2n) is 8.08. The molecular formula is C31H36O. The number of rotatable bonds is 6. The van der Waals surface area contributed by atoms with Gasteiger partial charge in [-0.25, -0.2) is 0 Å². The second-order valence-corrected chi connectivity index (χ2v) is 8.08. The third kappa shape index (κ3) is 6.52. The van der Waals surface area contributed by atoms with Gasteiger partial charge in [0, 0.05) is 14.8 Å². The van der Waals surface area contributed by atoms with Gasteiger partial charge in [-0.05, 0) is 60.1 Å². The Bertz CT molecular complexity index is 1140. The van der Waals surface area contributed by atoms with Crippen molar-refractivity contribution in [3.63, 3.8) is 0 Å². The van der Waals surface area contributed by atoms with Gasteiger partial charge in [0.1, 0.15) is 0 Å². The molecule has 4 rings (SSSR count). The van der Waals surface area contributed by atoms with E-state index in [4.69, 9.17) is 0 Å². The monoisotopic (exact) mass is 424 g/mol. The molecule has 0 fully saturated rings. The highest BCUT2D eigenvalue weighted by molar-refractivity contribution is 5.98. The van der Waals surface area contributed by atoms with Crippen LogP contribution in [0.4, 0.5) is 0 Å². The molecule has 0 radical (unpaired) electrons. The quantitative estimate of drug-likeness (QED) is 0.283. The lowest BCUT2D eigenvalue weighted by Crippen LogP contribution is -2.03. The van der Waals surface area contributed by atoms with E-state index < -0.39 is 0 Å². The van der Waals surface area contributed by atoms with Crippen LogP contribution in [0.2, 0.25) is 0 Å². The lowest BCUT2D eigenvalue weighted by Gasteiger charge is -2.08. The fraction of sp³-hybridized carbons (Fsp3) is 0.194. The standard InChI is InChI=1S/C22H20O.C9H12.2H2/c1-17-16-20(19-10-6-3-7-11-19)13-14-21(17)22(23)15-12-18-8-4-2-5-9-18;1-3-9-7-5-4-6-8(9)2;;/h2-11,13-14,16H,12,15H2,1H3;4-7H,3H2,1-2H3;2*1H. The molecular weight excluding hydrogens is 388 g/mol. The molecule has 0 atom stereocenters. The number of Topliss-reactive ketones (excluding diaryl/α,β-unsaturated/α-hetero) is 1. The highest BCUT2D eigenvalue weighted by Crippen LogP contribution is 2.23. The summed E-state index contributed by atoms with van der Waals surface area (Å²) in [6, 6.07) is 35.0. The first-order valence-electron chi connectivity index (χ1n) is 11.4. The Hall–Kier alpha value is -3.45. The molecule has 4 aromatic rings. The number of ketones is 1. The van der Waals surface area contributed by atoms with Crippen molar-refractivity contribution in [1.82, 2.24) is 0 Å². The molecule has 0 unspecified atom stereocenters. The average Bonchev–Trinajstić information content (AvgIpc) is 2.84. The van der Waals surface area contributed by atoms with Gasteiger partial charge in [-0.2, -0.15) is 0 Å². The molecule has 32 heavy (non-hydrogen) atoms. The predicted molar refractivity (Wildman–Crippen MR) is 140 cm³/mol. The van der Waals surface area contributed by atoms with Crippen molar-refractivity contribution in [3.8, 4) is 11.1 Å². The molecule has 1 nitrogen and oxygen atoms in total. The molecule has 0 amide bonds. The third-order valence-corrected chi connectivity index (χ3v) is 5.76. The Morgan fingerprint density at radius 1 is 0.688 bits per heavy atom. The summed E-state index contributed by atoms with van der Waals surface area (Å²) in [4.78, 5) is 12.5. The van der Waals surface area contributed by atoms with E-state index in [1.807, 2.05) is 55.5 Å². The first-order valence-corrected chi connectivity index (χ1v) is 11.4. The number of benzene rings is 4. The van der Waals surface area contributed by atoms with Crippen LogP contribution in [0, 0.1) is 13.8 Å². The number of aryl methyl sites for hydroxylation is 4. The smallest absolute Gasteiger partial charge is 0.163 e. The minimum Gasteiger partial charge on any atom is -0.294 e. The van der Waals surface area contributed by atoms with Gasteiger partial charge < -0.3 is 0 Å². The topological polar surface area (TPSA) is 17.1 Å². The fourth-order valence-corrected chi connectivity index (χ4v) is 3.83. The van der Waals surface area contributed by atoms with Crippen molar-refractivity contribution in [2.75, 3.05) is 0 Å². The number of hydrogen-bond donors (Lipinski definition) is 0. The molecule has 4 aromatic carbocycles. The van der Waals surface area contributed by atoms with E-state index in [2.05, 4.69) is 68.4 Å². The summed E-state index contributed by atoms with van der Waals surface area (Å²) in [7, 11) is 0. The summed E-state index contributed by atoms with van der Waals surface area (Å²) in [5.74, 6) is 0.214. The molecule has 1 heteroatoms. The zero-order valence-corrected chi connectivity index (χ0v) is 19.3. The molecule has 166 valence electrons. The first kappa shape index (κ1) is 23.2. The zero-order valence-electron chi connectivity index (χ0n) is 19.3. The molecule has 0 saturated carbocycles. The molecule has 0 aliphatic carbocycles. The Morgan fingerprint density at radius 2 is 1.31 bits per heavy atom. The molecule has 0 saturated heterocycles. The van der Waals surface area contributed by atoms with E-state index in [1.165, 1.54) is 22.3 Å². The summed E-state index contributed by atoms with van der Waals surface area (Å²) in [6.45, 7) is 6.35. The minimum absolute atomic E-state index is 0. The van der Waals surface area contributed by atoms with Gasteiger partial charge in [0.15, 0.2) is 5.78 Å². The average molecular weight is 425 g/mol. The molecule has 0 bridgehead atoms. The predicted octanol–water partition coefficient (Wildman–Crippen LogP) is 8.53. The number of carbonyl (C=O) groups excluding carboxylic acids is 1. The van der Waals surface area contributed by atoms with Gasteiger partial charge in [0.05, 0.1) is 0 Å². The van der Waals surface area contributed by atoms with Crippen LogP contribution in [0.25, 0.3) is 11.1 Å². The van der Waals surface area contributed by atoms with Crippen LogP contribution in [-0.4, -0.2) is 5.78 Å². The van der Waals surface area contributed by atoms with Crippen LogP contribution in [0.5, 0.6) is 0 Å². The summed E-state index contributed by atoms with van der Waals surface area (Å²) >= 11 is 0. The highest BCUT2D eigenvalue weighted by Gasteiger charge is 2.10. The number of carbonyl (C=O) groups is 1. The molecule has 0 aliphatic rings. The van der Waals surface area contributed by atoms with Crippen molar-refractivity contribution >= 4 is 5.78 Å². The lowest BCUT2D eigenvalue weighted by molar-refractivity contribution is 0.0982. The van der Waals surface area contributed by atoms with Crippen molar-refractivity contribution in [1.29, 1.82) is 0 Å². The zero-order chi connectivity index (χ0) is 22.8. The largest absolute Gasteiger partial charge is 0.294 e. The summed E-state index contributed by atoms with van der Waals surface area (Å²) < 4.78 is 0. The van der Waals surface area contributed by atoms with Crippen LogP contribution < -0.4 is 0 Å². The van der Waals surface area contributed by atoms with E-state index in [0.29, 0.717) is 6.42 Å². The summed E-state index contributed by atoms with van der Waals surface area (Å²) in [5.41, 5.74) is 8.28. The maximum atomic E-state index is 12.5. The van der Waals surface area contributed by atoms with E-state index in [1.54, 1.807) is 0 Å². The molecule has 0 aromatic heterocycles. The van der Waals surface area contributed by atoms with Crippen LogP contribution in [0.15, 0.2) is 103 Å². The van der Waals surface area contributed by atoms with E-state index in [0.717, 1.165) is 29.5 Å². The van der Waals surface area contributed by atoms with Crippen LogP contribution in [-0.2, 0) is 12.8 Å². The summed E-state index contributed by atoms with van der Waals surface area (Å²) in [5, 5.41) is 0. The van der Waals surface area contributed by atoms with Gasteiger partial charge in [0.2, 0.25) is 0 Å². The van der Waals surface area contributed by atoms with Gasteiger partial charge >= 0.3 is 0 Å². The highest BCUT2D eigenvalue weighted by atomic mass is 16.1. The number of hydrogen-bond acceptors (Lipinski definition) is 1. The van der Waals surface area contributed by atoms with E-state index in [9.17, 15) is 4.79 Å². The Morgan fingerprint density at radius 3 is 1.91 bits per heavy atom. The molecule has 0 heterocycles. The minimum atomic E-state index is 0. The van der Waals surface area contributed by atoms with E-state index in [-0.39, 0.29) is 8.64 Å². The molecule has 0 spiro atoms. The Balaban J connectivity index is 0.000000448.